The van der Waals surface area contributed by atoms with Crippen LogP contribution in [0.4, 0.5) is 5.82 Å². The largest absolute Gasteiger partial charge is 0.378 e. The molecule has 0 radical (unpaired) electrons. The summed E-state index contributed by atoms with van der Waals surface area (Å²) in [4.78, 5) is 25.2. The van der Waals surface area contributed by atoms with Gasteiger partial charge in [-0.15, -0.1) is 0 Å². The smallest absolute Gasteiger partial charge is 0.257 e. The van der Waals surface area contributed by atoms with Crippen molar-refractivity contribution in [3.63, 3.8) is 0 Å². The van der Waals surface area contributed by atoms with E-state index in [2.05, 4.69) is 20.3 Å². The van der Waals surface area contributed by atoms with Crippen LogP contribution in [0, 0.1) is 6.92 Å². The molecule has 0 saturated carbocycles. The minimum atomic E-state index is -0.225. The van der Waals surface area contributed by atoms with Crippen LogP contribution in [0.2, 0.25) is 0 Å². The monoisotopic (exact) mass is 334 g/mol. The molecule has 0 spiro atoms. The second-order valence-corrected chi connectivity index (χ2v) is 5.47. The molecule has 126 valence electrons. The second-order valence-electron chi connectivity index (χ2n) is 5.47. The fourth-order valence-electron chi connectivity index (χ4n) is 2.56. The van der Waals surface area contributed by atoms with Gasteiger partial charge in [0.1, 0.15) is 12.1 Å². The van der Waals surface area contributed by atoms with Crippen LogP contribution < -0.4 is 5.32 Å². The second kappa shape index (κ2) is 7.63. The third kappa shape index (κ3) is 3.87. The highest BCUT2D eigenvalue weighted by Crippen LogP contribution is 2.24. The van der Waals surface area contributed by atoms with Gasteiger partial charge in [-0.1, -0.05) is 18.2 Å². The Hall–Kier alpha value is -3.12. The first-order valence-corrected chi connectivity index (χ1v) is 7.81. The Kier molecular flexibility index (Phi) is 5.11. The van der Waals surface area contributed by atoms with Crippen molar-refractivity contribution in [2.45, 2.75) is 13.5 Å². The summed E-state index contributed by atoms with van der Waals surface area (Å²) in [6.45, 7) is 2.27. The lowest BCUT2D eigenvalue weighted by molar-refractivity contribution is 0.102. The number of benzene rings is 1. The molecule has 6 nitrogen and oxygen atoms in total. The number of aromatic nitrogens is 3. The summed E-state index contributed by atoms with van der Waals surface area (Å²) in [7, 11) is 1.59. The number of methoxy groups -OCH3 is 1. The highest BCUT2D eigenvalue weighted by molar-refractivity contribution is 6.05. The molecular formula is C19H18N4O2. The van der Waals surface area contributed by atoms with Crippen LogP contribution in [0.5, 0.6) is 0 Å². The van der Waals surface area contributed by atoms with E-state index < -0.39 is 0 Å². The van der Waals surface area contributed by atoms with Gasteiger partial charge in [-0.2, -0.15) is 0 Å². The van der Waals surface area contributed by atoms with E-state index in [0.717, 1.165) is 16.8 Å². The van der Waals surface area contributed by atoms with E-state index in [9.17, 15) is 4.79 Å². The van der Waals surface area contributed by atoms with Crippen molar-refractivity contribution in [3.8, 4) is 11.3 Å². The number of nitrogens with zero attached hydrogens (tertiary/aromatic N) is 3. The number of rotatable bonds is 5. The highest BCUT2D eigenvalue weighted by atomic mass is 16.5. The Morgan fingerprint density at radius 2 is 2.00 bits per heavy atom. The van der Waals surface area contributed by atoms with Gasteiger partial charge in [-0.3, -0.25) is 9.78 Å². The van der Waals surface area contributed by atoms with Gasteiger partial charge in [-0.25, -0.2) is 9.97 Å². The van der Waals surface area contributed by atoms with E-state index in [1.165, 1.54) is 6.33 Å². The molecule has 6 heteroatoms. The number of carbonyl (C=O) groups excluding carboxylic acids is 1. The topological polar surface area (TPSA) is 77.0 Å². The molecule has 0 atom stereocenters. The Balaban J connectivity index is 1.87. The van der Waals surface area contributed by atoms with Crippen LogP contribution in [0.3, 0.4) is 0 Å². The summed E-state index contributed by atoms with van der Waals surface area (Å²) in [5.41, 5.74) is 3.90. The third-order valence-corrected chi connectivity index (χ3v) is 3.78. The fraction of sp³-hybridized carbons (Fsp3) is 0.158. The van der Waals surface area contributed by atoms with Gasteiger partial charge in [0.15, 0.2) is 0 Å². The van der Waals surface area contributed by atoms with Gasteiger partial charge < -0.3 is 10.1 Å². The van der Waals surface area contributed by atoms with Crippen LogP contribution in [0.15, 0.2) is 55.0 Å². The zero-order valence-electron chi connectivity index (χ0n) is 14.1. The average molecular weight is 334 g/mol. The summed E-state index contributed by atoms with van der Waals surface area (Å²) in [6.07, 6.45) is 3.14. The molecule has 3 rings (SSSR count). The molecule has 1 amide bonds. The SMILES string of the molecule is COCc1cc(NC(=O)c2cccc(-c3ccccn3)c2C)ncn1. The maximum absolute atomic E-state index is 12.7. The number of nitrogens with one attached hydrogen (secondary N) is 1. The van der Waals surface area contributed by atoms with Crippen molar-refractivity contribution in [1.29, 1.82) is 0 Å². The van der Waals surface area contributed by atoms with Crippen molar-refractivity contribution in [2.24, 2.45) is 0 Å². The minimum absolute atomic E-state index is 0.225. The van der Waals surface area contributed by atoms with E-state index in [-0.39, 0.29) is 5.91 Å². The zero-order valence-corrected chi connectivity index (χ0v) is 14.1. The lowest BCUT2D eigenvalue weighted by Crippen LogP contribution is -2.15. The lowest BCUT2D eigenvalue weighted by Gasteiger charge is -2.11. The Morgan fingerprint density at radius 3 is 2.76 bits per heavy atom. The average Bonchev–Trinajstić information content (AvgIpc) is 2.63. The Bertz CT molecular complexity index is 882. The third-order valence-electron chi connectivity index (χ3n) is 3.78. The lowest BCUT2D eigenvalue weighted by atomic mass is 9.99. The summed E-state index contributed by atoms with van der Waals surface area (Å²) in [5, 5.41) is 2.81. The molecule has 0 unspecified atom stereocenters. The molecule has 0 aliphatic carbocycles. The number of pyridine rings is 1. The van der Waals surface area contributed by atoms with Crippen LogP contribution in [-0.2, 0) is 11.3 Å². The minimum Gasteiger partial charge on any atom is -0.378 e. The van der Waals surface area contributed by atoms with Crippen molar-refractivity contribution in [1.82, 2.24) is 15.0 Å². The van der Waals surface area contributed by atoms with Gasteiger partial charge in [0.2, 0.25) is 0 Å². The molecule has 1 aromatic carbocycles. The van der Waals surface area contributed by atoms with Crippen molar-refractivity contribution >= 4 is 11.7 Å². The van der Waals surface area contributed by atoms with E-state index in [4.69, 9.17) is 4.74 Å². The van der Waals surface area contributed by atoms with E-state index >= 15 is 0 Å². The Morgan fingerprint density at radius 1 is 1.12 bits per heavy atom. The van der Waals surface area contributed by atoms with Crippen molar-refractivity contribution in [2.75, 3.05) is 12.4 Å². The molecular weight excluding hydrogens is 316 g/mol. The molecule has 0 saturated heterocycles. The van der Waals surface area contributed by atoms with E-state index in [1.807, 2.05) is 37.3 Å². The predicted octanol–water partition coefficient (Wildman–Crippen LogP) is 3.25. The summed E-state index contributed by atoms with van der Waals surface area (Å²) in [6, 6.07) is 13.0. The first kappa shape index (κ1) is 16.7. The molecule has 0 aliphatic heterocycles. The molecule has 3 aromatic rings. The van der Waals surface area contributed by atoms with Gasteiger partial charge in [0.05, 0.1) is 18.0 Å². The van der Waals surface area contributed by atoms with Gasteiger partial charge in [-0.05, 0) is 30.7 Å². The molecule has 1 N–H and O–H groups in total. The van der Waals surface area contributed by atoms with Gasteiger partial charge >= 0.3 is 0 Å². The number of hydrogen-bond acceptors (Lipinski definition) is 5. The van der Waals surface area contributed by atoms with Crippen LogP contribution in [-0.4, -0.2) is 28.0 Å². The summed E-state index contributed by atoms with van der Waals surface area (Å²) < 4.78 is 5.05. The molecule has 0 bridgehead atoms. The number of ether oxygens (including phenoxy) is 1. The molecule has 25 heavy (non-hydrogen) atoms. The van der Waals surface area contributed by atoms with Crippen LogP contribution >= 0.6 is 0 Å². The number of hydrogen-bond donors (Lipinski definition) is 1. The highest BCUT2D eigenvalue weighted by Gasteiger charge is 2.14. The van der Waals surface area contributed by atoms with E-state index in [0.29, 0.717) is 23.7 Å². The van der Waals surface area contributed by atoms with Gasteiger partial charge in [0, 0.05) is 30.5 Å². The zero-order chi connectivity index (χ0) is 17.6. The molecule has 2 aromatic heterocycles. The fourth-order valence-corrected chi connectivity index (χ4v) is 2.56. The normalized spacial score (nSPS) is 10.5. The quantitative estimate of drug-likeness (QED) is 0.775. The summed E-state index contributed by atoms with van der Waals surface area (Å²) in [5.74, 6) is 0.215. The van der Waals surface area contributed by atoms with Crippen molar-refractivity contribution < 1.29 is 9.53 Å². The molecule has 0 aliphatic rings. The molecule has 0 fully saturated rings. The Labute approximate surface area is 145 Å². The van der Waals surface area contributed by atoms with Crippen LogP contribution in [0.25, 0.3) is 11.3 Å². The maximum Gasteiger partial charge on any atom is 0.257 e. The predicted molar refractivity (Wildman–Crippen MR) is 95.1 cm³/mol. The number of carbonyl (C=O) groups is 1. The first-order chi connectivity index (χ1) is 12.2. The standard InChI is InChI=1S/C19H18N4O2/c1-13-15(17-8-3-4-9-20-17)6-5-7-16(13)19(24)23-18-10-14(11-25-2)21-12-22-18/h3-10,12H,11H2,1-2H3,(H,21,22,23,24). The number of anilines is 1. The number of amides is 1. The van der Waals surface area contributed by atoms with E-state index in [1.54, 1.807) is 25.4 Å². The molecule has 2 heterocycles. The van der Waals surface area contributed by atoms with Gasteiger partial charge in [0.25, 0.3) is 5.91 Å². The van der Waals surface area contributed by atoms with Crippen molar-refractivity contribution in [3.05, 3.63) is 71.8 Å². The summed E-state index contributed by atoms with van der Waals surface area (Å²) >= 11 is 0. The maximum atomic E-state index is 12.7. The first-order valence-electron chi connectivity index (χ1n) is 7.81. The van der Waals surface area contributed by atoms with Crippen LogP contribution in [0.1, 0.15) is 21.6 Å².